The highest BCUT2D eigenvalue weighted by molar-refractivity contribution is 7.98. The lowest BCUT2D eigenvalue weighted by Gasteiger charge is -2.24. The molecule has 0 heterocycles. The normalized spacial score (nSPS) is 15.6. The molecule has 1 aromatic carbocycles. The van der Waals surface area contributed by atoms with Crippen LogP contribution >= 0.6 is 11.8 Å². The molecule has 1 aromatic rings. The van der Waals surface area contributed by atoms with Gasteiger partial charge in [0.2, 0.25) is 5.91 Å². The molecule has 0 aliphatic heterocycles. The average molecular weight is 282 g/mol. The molecule has 0 aliphatic rings. The Labute approximate surface area is 118 Å². The zero-order chi connectivity index (χ0) is 14.3. The average Bonchev–Trinajstić information content (AvgIpc) is 2.39. The number of thioether (sulfide) groups is 1. The number of carbonyl (C=O) groups is 1. The molecule has 0 aliphatic carbocycles. The minimum atomic E-state index is -0.898. The summed E-state index contributed by atoms with van der Waals surface area (Å²) in [7, 11) is 0. The van der Waals surface area contributed by atoms with Crippen LogP contribution in [-0.2, 0) is 4.79 Å². The van der Waals surface area contributed by atoms with E-state index in [1.165, 1.54) is 0 Å². The van der Waals surface area contributed by atoms with Gasteiger partial charge in [0.15, 0.2) is 0 Å². The summed E-state index contributed by atoms with van der Waals surface area (Å²) in [5.74, 6) is 0.0627. The number of nitrogens with two attached hydrogens (primary N) is 1. The fourth-order valence-corrected chi connectivity index (χ4v) is 2.57. The Morgan fingerprint density at radius 2 is 2.11 bits per heavy atom. The van der Waals surface area contributed by atoms with Crippen LogP contribution in [0.1, 0.15) is 18.4 Å². The van der Waals surface area contributed by atoms with E-state index in [1.807, 2.05) is 36.6 Å². The predicted molar refractivity (Wildman–Crippen MR) is 80.3 cm³/mol. The first-order chi connectivity index (χ1) is 9.00. The Morgan fingerprint density at radius 1 is 1.47 bits per heavy atom. The molecular weight excluding hydrogens is 260 g/mol. The molecule has 0 aromatic heterocycles. The number of hydrogen-bond acceptors (Lipinski definition) is 4. The molecule has 0 spiro atoms. The van der Waals surface area contributed by atoms with Crippen LogP contribution in [0.3, 0.4) is 0 Å². The van der Waals surface area contributed by atoms with E-state index >= 15 is 0 Å². The van der Waals surface area contributed by atoms with E-state index in [1.54, 1.807) is 18.7 Å². The summed E-state index contributed by atoms with van der Waals surface area (Å²) in [6, 6.07) is 9.44. The summed E-state index contributed by atoms with van der Waals surface area (Å²) in [6.45, 7) is 2.19. The zero-order valence-corrected chi connectivity index (χ0v) is 12.2. The third-order valence-electron chi connectivity index (χ3n) is 2.85. The van der Waals surface area contributed by atoms with Gasteiger partial charge in [-0.1, -0.05) is 30.3 Å². The van der Waals surface area contributed by atoms with Gasteiger partial charge < -0.3 is 16.2 Å². The van der Waals surface area contributed by atoms with Gasteiger partial charge in [-0.2, -0.15) is 11.8 Å². The van der Waals surface area contributed by atoms with E-state index in [0.29, 0.717) is 5.75 Å². The topological polar surface area (TPSA) is 75.3 Å². The van der Waals surface area contributed by atoms with Crippen LogP contribution < -0.4 is 11.1 Å². The van der Waals surface area contributed by atoms with Crippen LogP contribution in [0.25, 0.3) is 0 Å². The van der Waals surface area contributed by atoms with E-state index in [9.17, 15) is 9.90 Å². The largest absolute Gasteiger partial charge is 0.387 e. The highest BCUT2D eigenvalue weighted by atomic mass is 32.2. The fraction of sp³-hybridized carbons (Fsp3) is 0.500. The second kappa shape index (κ2) is 7.53. The van der Waals surface area contributed by atoms with Gasteiger partial charge in [-0.3, -0.25) is 4.79 Å². The lowest BCUT2D eigenvalue weighted by Crippen LogP contribution is -2.44. The number of rotatable bonds is 7. The van der Waals surface area contributed by atoms with E-state index < -0.39 is 5.60 Å². The van der Waals surface area contributed by atoms with Crippen LogP contribution in [0.4, 0.5) is 0 Å². The number of hydrogen-bond donors (Lipinski definition) is 3. The molecule has 4 N–H and O–H groups in total. The first-order valence-electron chi connectivity index (χ1n) is 6.24. The molecule has 19 heavy (non-hydrogen) atoms. The fourth-order valence-electron chi connectivity index (χ4n) is 1.84. The maximum absolute atomic E-state index is 12.1. The first-order valence-corrected chi connectivity index (χ1v) is 7.63. The third kappa shape index (κ3) is 5.22. The van der Waals surface area contributed by atoms with Gasteiger partial charge in [0, 0.05) is 18.8 Å². The van der Waals surface area contributed by atoms with Gasteiger partial charge in [0.05, 0.1) is 11.5 Å². The van der Waals surface area contributed by atoms with Crippen molar-refractivity contribution < 1.29 is 9.90 Å². The molecule has 5 heteroatoms. The van der Waals surface area contributed by atoms with E-state index in [0.717, 1.165) is 5.56 Å². The highest BCUT2D eigenvalue weighted by Crippen LogP contribution is 2.15. The Kier molecular flexibility index (Phi) is 6.34. The molecule has 1 amide bonds. The maximum atomic E-state index is 12.1. The Morgan fingerprint density at radius 3 is 2.63 bits per heavy atom. The highest BCUT2D eigenvalue weighted by Gasteiger charge is 2.24. The minimum Gasteiger partial charge on any atom is -0.387 e. The molecule has 0 radical (unpaired) electrons. The monoisotopic (exact) mass is 282 g/mol. The van der Waals surface area contributed by atoms with Gasteiger partial charge in [0.1, 0.15) is 0 Å². The summed E-state index contributed by atoms with van der Waals surface area (Å²) in [4.78, 5) is 12.1. The second-order valence-corrected chi connectivity index (χ2v) is 5.71. The van der Waals surface area contributed by atoms with Gasteiger partial charge in [-0.15, -0.1) is 0 Å². The van der Waals surface area contributed by atoms with Crippen molar-refractivity contribution >= 4 is 17.7 Å². The second-order valence-electron chi connectivity index (χ2n) is 4.85. The van der Waals surface area contributed by atoms with E-state index in [-0.39, 0.29) is 24.9 Å². The molecule has 1 rings (SSSR count). The van der Waals surface area contributed by atoms with Crippen LogP contribution in [0.5, 0.6) is 0 Å². The van der Waals surface area contributed by atoms with Gasteiger partial charge >= 0.3 is 0 Å². The third-order valence-corrected chi connectivity index (χ3v) is 3.76. The van der Waals surface area contributed by atoms with E-state index in [4.69, 9.17) is 5.73 Å². The summed E-state index contributed by atoms with van der Waals surface area (Å²) < 4.78 is 0. The quantitative estimate of drug-likeness (QED) is 0.696. The van der Waals surface area contributed by atoms with Crippen LogP contribution in [0.15, 0.2) is 30.3 Å². The Bertz CT molecular complexity index is 396. The lowest BCUT2D eigenvalue weighted by atomic mass is 9.98. The standard InChI is InChI=1S/C14H22N2O2S/c1-14(18,10-19-2)9-16-13(17)12(8-15)11-6-4-3-5-7-11/h3-7,12,18H,8-10,15H2,1-2H3,(H,16,17). The van der Waals surface area contributed by atoms with Crippen molar-refractivity contribution in [1.29, 1.82) is 0 Å². The van der Waals surface area contributed by atoms with Crippen molar-refractivity contribution in [3.8, 4) is 0 Å². The summed E-state index contributed by atoms with van der Waals surface area (Å²) in [5.41, 5.74) is 5.67. The molecule has 0 saturated heterocycles. The van der Waals surface area contributed by atoms with Crippen molar-refractivity contribution in [2.45, 2.75) is 18.4 Å². The lowest BCUT2D eigenvalue weighted by molar-refractivity contribution is -0.123. The van der Waals surface area contributed by atoms with E-state index in [2.05, 4.69) is 5.32 Å². The molecule has 2 unspecified atom stereocenters. The number of benzene rings is 1. The van der Waals surface area contributed by atoms with Gasteiger partial charge in [-0.05, 0) is 18.7 Å². The molecule has 0 bridgehead atoms. The van der Waals surface area contributed by atoms with Crippen molar-refractivity contribution in [1.82, 2.24) is 5.32 Å². The SMILES string of the molecule is CSCC(C)(O)CNC(=O)C(CN)c1ccccc1. The first kappa shape index (κ1) is 16.0. The van der Waals surface area contributed by atoms with Crippen LogP contribution in [0.2, 0.25) is 0 Å². The van der Waals surface area contributed by atoms with Crippen molar-refractivity contribution in [2.75, 3.05) is 25.1 Å². The molecule has 0 saturated carbocycles. The zero-order valence-electron chi connectivity index (χ0n) is 11.4. The van der Waals surface area contributed by atoms with Crippen molar-refractivity contribution in [3.63, 3.8) is 0 Å². The van der Waals surface area contributed by atoms with Crippen molar-refractivity contribution in [3.05, 3.63) is 35.9 Å². The van der Waals surface area contributed by atoms with Gasteiger partial charge in [-0.25, -0.2) is 0 Å². The molecule has 106 valence electrons. The Hall–Kier alpha value is -1.04. The molecule has 4 nitrogen and oxygen atoms in total. The predicted octanol–water partition coefficient (Wildman–Crippen LogP) is 0.959. The summed E-state index contributed by atoms with van der Waals surface area (Å²) in [6.07, 6.45) is 1.92. The molecule has 0 fully saturated rings. The number of amides is 1. The number of aliphatic hydroxyl groups is 1. The van der Waals surface area contributed by atoms with Crippen LogP contribution in [-0.4, -0.2) is 41.7 Å². The molecule has 2 atom stereocenters. The Balaban J connectivity index is 2.61. The van der Waals surface area contributed by atoms with Crippen molar-refractivity contribution in [2.24, 2.45) is 5.73 Å². The minimum absolute atomic E-state index is 0.143. The smallest absolute Gasteiger partial charge is 0.228 e. The number of carbonyl (C=O) groups excluding carboxylic acids is 1. The summed E-state index contributed by atoms with van der Waals surface area (Å²) in [5, 5.41) is 12.8. The maximum Gasteiger partial charge on any atom is 0.228 e. The van der Waals surface area contributed by atoms with Crippen LogP contribution in [0, 0.1) is 0 Å². The molecular formula is C14H22N2O2S. The number of nitrogens with one attached hydrogen (secondary N) is 1. The van der Waals surface area contributed by atoms with Gasteiger partial charge in [0.25, 0.3) is 0 Å². The summed E-state index contributed by atoms with van der Waals surface area (Å²) >= 11 is 1.54.